The third kappa shape index (κ3) is 3.79. The fraction of sp³-hybridized carbons (Fsp3) is 0.400. The maximum atomic E-state index is 12.8. The van der Waals surface area contributed by atoms with Crippen LogP contribution < -0.4 is 5.73 Å². The third-order valence-corrected chi connectivity index (χ3v) is 7.62. The van der Waals surface area contributed by atoms with Crippen molar-refractivity contribution in [2.24, 2.45) is 16.6 Å². The number of pyridine rings is 1. The van der Waals surface area contributed by atoms with E-state index < -0.39 is 15.9 Å². The summed E-state index contributed by atoms with van der Waals surface area (Å²) in [5.41, 5.74) is 8.76. The molecule has 148 valence electrons. The Hall–Kier alpha value is -1.96. The minimum atomic E-state index is -3.48. The van der Waals surface area contributed by atoms with E-state index in [9.17, 15) is 13.5 Å². The van der Waals surface area contributed by atoms with Gasteiger partial charge in [-0.05, 0) is 43.4 Å². The summed E-state index contributed by atoms with van der Waals surface area (Å²) in [6.07, 6.45) is 2.57. The average molecular weight is 420 g/mol. The predicted molar refractivity (Wildman–Crippen MR) is 109 cm³/mol. The van der Waals surface area contributed by atoms with Crippen molar-refractivity contribution in [1.82, 2.24) is 4.98 Å². The van der Waals surface area contributed by atoms with Crippen LogP contribution in [-0.2, 0) is 16.4 Å². The SMILES string of the molecule is NC1=NCc2ccc(-c3ccc(S(=O)(=O)CC4CCCC(O)C4)cc3Cl)nc21. The van der Waals surface area contributed by atoms with E-state index in [4.69, 9.17) is 17.3 Å². The molecule has 0 amide bonds. The molecule has 2 aliphatic rings. The second-order valence-electron chi connectivity index (χ2n) is 7.52. The lowest BCUT2D eigenvalue weighted by Crippen LogP contribution is -2.25. The number of fused-ring (bicyclic) bond motifs is 1. The maximum absolute atomic E-state index is 12.8. The van der Waals surface area contributed by atoms with Crippen molar-refractivity contribution in [1.29, 1.82) is 0 Å². The maximum Gasteiger partial charge on any atom is 0.178 e. The standard InChI is InChI=1S/C20H22ClN3O3S/c21-17-9-15(28(26,27)11-12-2-1-3-14(25)8-12)5-6-16(17)18-7-4-13-10-23-20(22)19(13)24-18/h4-7,9,12,14,25H,1-3,8,10-11H2,(H2,22,23). The highest BCUT2D eigenvalue weighted by Gasteiger charge is 2.27. The number of aliphatic imine (C=N–C) groups is 1. The van der Waals surface area contributed by atoms with Gasteiger partial charge in [-0.25, -0.2) is 13.4 Å². The molecule has 3 N–H and O–H groups in total. The van der Waals surface area contributed by atoms with Crippen LogP contribution in [0.1, 0.15) is 36.9 Å². The van der Waals surface area contributed by atoms with Crippen molar-refractivity contribution in [3.05, 3.63) is 46.6 Å². The summed E-state index contributed by atoms with van der Waals surface area (Å²) in [6.45, 7) is 0.523. The van der Waals surface area contributed by atoms with Gasteiger partial charge in [0.05, 0.1) is 34.0 Å². The first-order chi connectivity index (χ1) is 13.3. The molecule has 2 atom stereocenters. The Morgan fingerprint density at radius 3 is 2.79 bits per heavy atom. The summed E-state index contributed by atoms with van der Waals surface area (Å²) in [5.74, 6) is 0.416. The number of aromatic nitrogens is 1. The van der Waals surface area contributed by atoms with Crippen LogP contribution in [0.5, 0.6) is 0 Å². The van der Waals surface area contributed by atoms with E-state index in [0.717, 1.165) is 24.8 Å². The highest BCUT2D eigenvalue weighted by atomic mass is 35.5. The van der Waals surface area contributed by atoms with E-state index in [0.29, 0.717) is 40.8 Å². The Kier molecular flexibility index (Phi) is 5.16. The first-order valence-electron chi connectivity index (χ1n) is 9.34. The molecular formula is C20H22ClN3O3S. The van der Waals surface area contributed by atoms with Gasteiger partial charge in [0, 0.05) is 11.1 Å². The van der Waals surface area contributed by atoms with Crippen LogP contribution >= 0.6 is 11.6 Å². The largest absolute Gasteiger partial charge is 0.393 e. The number of halogens is 1. The Balaban J connectivity index is 1.59. The van der Waals surface area contributed by atoms with E-state index in [2.05, 4.69) is 9.98 Å². The number of aliphatic hydroxyl groups excluding tert-OH is 1. The second-order valence-corrected chi connectivity index (χ2v) is 9.96. The van der Waals surface area contributed by atoms with E-state index >= 15 is 0 Å². The average Bonchev–Trinajstić information content (AvgIpc) is 3.02. The number of nitrogens with two attached hydrogens (primary N) is 1. The van der Waals surface area contributed by atoms with E-state index in [1.54, 1.807) is 12.1 Å². The summed E-state index contributed by atoms with van der Waals surface area (Å²) in [4.78, 5) is 8.91. The molecule has 1 aromatic heterocycles. The Bertz CT molecular complexity index is 1050. The van der Waals surface area contributed by atoms with Crippen molar-refractivity contribution < 1.29 is 13.5 Å². The van der Waals surface area contributed by atoms with E-state index in [1.807, 2.05) is 12.1 Å². The normalized spacial score (nSPS) is 22.0. The molecule has 1 fully saturated rings. The molecular weight excluding hydrogens is 398 g/mol. The molecule has 28 heavy (non-hydrogen) atoms. The molecule has 0 saturated heterocycles. The van der Waals surface area contributed by atoms with Crippen LogP contribution in [0.15, 0.2) is 40.2 Å². The van der Waals surface area contributed by atoms with Gasteiger partial charge in [0.2, 0.25) is 0 Å². The number of hydrogen-bond donors (Lipinski definition) is 2. The lowest BCUT2D eigenvalue weighted by Gasteiger charge is -2.25. The zero-order valence-corrected chi connectivity index (χ0v) is 16.9. The van der Waals surface area contributed by atoms with Crippen molar-refractivity contribution >= 4 is 27.3 Å². The fourth-order valence-electron chi connectivity index (χ4n) is 3.95. The molecule has 8 heteroatoms. The van der Waals surface area contributed by atoms with Gasteiger partial charge < -0.3 is 10.8 Å². The zero-order chi connectivity index (χ0) is 19.9. The monoisotopic (exact) mass is 419 g/mol. The smallest absolute Gasteiger partial charge is 0.178 e. The Morgan fingerprint density at radius 1 is 1.21 bits per heavy atom. The van der Waals surface area contributed by atoms with Crippen molar-refractivity contribution in [2.45, 2.75) is 43.2 Å². The Morgan fingerprint density at radius 2 is 2.04 bits per heavy atom. The number of aliphatic hydroxyl groups is 1. The summed E-state index contributed by atoms with van der Waals surface area (Å²) in [6, 6.07) is 8.49. The predicted octanol–water partition coefficient (Wildman–Crippen LogP) is 2.95. The summed E-state index contributed by atoms with van der Waals surface area (Å²) in [7, 11) is -3.48. The van der Waals surface area contributed by atoms with Gasteiger partial charge in [-0.1, -0.05) is 30.2 Å². The molecule has 0 spiro atoms. The van der Waals surface area contributed by atoms with Gasteiger partial charge in [0.1, 0.15) is 11.5 Å². The van der Waals surface area contributed by atoms with Crippen molar-refractivity contribution in [3.8, 4) is 11.3 Å². The van der Waals surface area contributed by atoms with Crippen LogP contribution in [0.25, 0.3) is 11.3 Å². The zero-order valence-electron chi connectivity index (χ0n) is 15.3. The molecule has 2 heterocycles. The Labute approximate surface area is 169 Å². The molecule has 1 aliphatic carbocycles. The number of benzene rings is 1. The second kappa shape index (κ2) is 7.46. The van der Waals surface area contributed by atoms with Crippen LogP contribution in [0.3, 0.4) is 0 Å². The summed E-state index contributed by atoms with van der Waals surface area (Å²) in [5, 5.41) is 10.1. The van der Waals surface area contributed by atoms with Gasteiger partial charge in [0.25, 0.3) is 0 Å². The minimum Gasteiger partial charge on any atom is -0.393 e. The molecule has 1 saturated carbocycles. The minimum absolute atomic E-state index is 0.0205. The molecule has 6 nitrogen and oxygen atoms in total. The molecule has 0 bridgehead atoms. The van der Waals surface area contributed by atoms with Crippen LogP contribution in [0.2, 0.25) is 5.02 Å². The first kappa shape index (κ1) is 19.4. The van der Waals surface area contributed by atoms with Gasteiger partial charge in [0.15, 0.2) is 9.84 Å². The molecule has 2 unspecified atom stereocenters. The number of hydrogen-bond acceptors (Lipinski definition) is 6. The topological polar surface area (TPSA) is 106 Å². The van der Waals surface area contributed by atoms with Gasteiger partial charge in [-0.3, -0.25) is 4.99 Å². The van der Waals surface area contributed by atoms with Crippen LogP contribution in [-0.4, -0.2) is 36.2 Å². The number of rotatable bonds is 4. The van der Waals surface area contributed by atoms with E-state index in [1.165, 1.54) is 6.07 Å². The van der Waals surface area contributed by atoms with E-state index in [-0.39, 0.29) is 16.6 Å². The number of nitrogens with zero attached hydrogens (tertiary/aromatic N) is 2. The van der Waals surface area contributed by atoms with Gasteiger partial charge >= 0.3 is 0 Å². The first-order valence-corrected chi connectivity index (χ1v) is 11.4. The van der Waals surface area contributed by atoms with Crippen LogP contribution in [0, 0.1) is 5.92 Å². The molecule has 1 aromatic carbocycles. The molecule has 4 rings (SSSR count). The lowest BCUT2D eigenvalue weighted by atomic mass is 9.89. The van der Waals surface area contributed by atoms with Crippen molar-refractivity contribution in [3.63, 3.8) is 0 Å². The number of amidine groups is 1. The van der Waals surface area contributed by atoms with Gasteiger partial charge in [-0.15, -0.1) is 0 Å². The quantitative estimate of drug-likeness (QED) is 0.792. The highest BCUT2D eigenvalue weighted by Crippen LogP contribution is 2.32. The van der Waals surface area contributed by atoms with Crippen molar-refractivity contribution in [2.75, 3.05) is 5.75 Å². The molecule has 1 aliphatic heterocycles. The third-order valence-electron chi connectivity index (χ3n) is 5.43. The summed E-state index contributed by atoms with van der Waals surface area (Å²) < 4.78 is 25.6. The summed E-state index contributed by atoms with van der Waals surface area (Å²) >= 11 is 6.42. The van der Waals surface area contributed by atoms with Gasteiger partial charge in [-0.2, -0.15) is 0 Å². The molecule has 2 aromatic rings. The molecule has 0 radical (unpaired) electrons. The van der Waals surface area contributed by atoms with Crippen LogP contribution in [0.4, 0.5) is 0 Å². The fourth-order valence-corrected chi connectivity index (χ4v) is 5.98. The highest BCUT2D eigenvalue weighted by molar-refractivity contribution is 7.91. The lowest BCUT2D eigenvalue weighted by molar-refractivity contribution is 0.107. The number of sulfone groups is 1.